The lowest BCUT2D eigenvalue weighted by Gasteiger charge is -2.28. The summed E-state index contributed by atoms with van der Waals surface area (Å²) >= 11 is 0. The molecule has 0 spiro atoms. The van der Waals surface area contributed by atoms with Crippen LogP contribution in [0.5, 0.6) is 11.5 Å². The van der Waals surface area contributed by atoms with E-state index in [1.165, 1.54) is 31.0 Å². The number of nitrogen functional groups attached to an aromatic ring is 1. The van der Waals surface area contributed by atoms with E-state index in [1.807, 2.05) is 17.0 Å². The topological polar surface area (TPSA) is 80.9 Å². The van der Waals surface area contributed by atoms with Crippen LogP contribution in [0, 0.1) is 11.6 Å². The van der Waals surface area contributed by atoms with Crippen molar-refractivity contribution >= 4 is 11.7 Å². The summed E-state index contributed by atoms with van der Waals surface area (Å²) in [7, 11) is 0. The average molecular weight is 523 g/mol. The molecule has 5 rings (SSSR count). The number of rotatable bonds is 9. The van der Waals surface area contributed by atoms with Crippen molar-refractivity contribution in [2.45, 2.75) is 38.3 Å². The van der Waals surface area contributed by atoms with Crippen LogP contribution in [0.3, 0.4) is 0 Å². The number of anilines is 1. The zero-order chi connectivity index (χ0) is 26.5. The molecule has 2 aromatic carbocycles. The molecule has 200 valence electrons. The fourth-order valence-electron chi connectivity index (χ4n) is 5.14. The minimum atomic E-state index is -0.686. The molecule has 2 aliphatic rings. The summed E-state index contributed by atoms with van der Waals surface area (Å²) in [6.07, 6.45) is 6.17. The van der Waals surface area contributed by atoms with Gasteiger partial charge in [-0.1, -0.05) is 18.2 Å². The van der Waals surface area contributed by atoms with Crippen LogP contribution in [0.2, 0.25) is 0 Å². The monoisotopic (exact) mass is 522 g/mol. The van der Waals surface area contributed by atoms with Crippen molar-refractivity contribution in [1.82, 2.24) is 14.8 Å². The second-order valence-corrected chi connectivity index (χ2v) is 9.80. The zero-order valence-corrected chi connectivity index (χ0v) is 21.2. The number of aromatic nitrogens is 1. The largest absolute Gasteiger partial charge is 0.485 e. The normalized spacial score (nSPS) is 17.6. The third kappa shape index (κ3) is 6.05. The summed E-state index contributed by atoms with van der Waals surface area (Å²) in [5.74, 6) is -0.417. The molecule has 2 fully saturated rings. The molecule has 2 N–H and O–H groups in total. The molecule has 9 heteroatoms. The Kier molecular flexibility index (Phi) is 8.03. The van der Waals surface area contributed by atoms with Crippen LogP contribution in [0.15, 0.2) is 54.7 Å². The van der Waals surface area contributed by atoms with Crippen molar-refractivity contribution in [2.75, 3.05) is 38.5 Å². The van der Waals surface area contributed by atoms with Crippen molar-refractivity contribution in [3.05, 3.63) is 71.9 Å². The number of hydrogen-bond donors (Lipinski definition) is 1. The molecule has 3 heterocycles. The molecule has 0 aliphatic carbocycles. The summed E-state index contributed by atoms with van der Waals surface area (Å²) in [6.45, 7) is 3.69. The van der Waals surface area contributed by atoms with E-state index in [9.17, 15) is 13.6 Å². The predicted octanol–water partition coefficient (Wildman–Crippen LogP) is 4.65. The van der Waals surface area contributed by atoms with Crippen LogP contribution in [-0.2, 0) is 11.4 Å². The molecule has 0 unspecified atom stereocenters. The summed E-state index contributed by atoms with van der Waals surface area (Å²) in [4.78, 5) is 21.5. The van der Waals surface area contributed by atoms with Gasteiger partial charge in [0, 0.05) is 30.9 Å². The number of hydrogen-bond acceptors (Lipinski definition) is 6. The molecule has 1 atom stereocenters. The van der Waals surface area contributed by atoms with Gasteiger partial charge in [0.2, 0.25) is 0 Å². The lowest BCUT2D eigenvalue weighted by atomic mass is 10.1. The van der Waals surface area contributed by atoms with E-state index < -0.39 is 11.6 Å². The Balaban J connectivity index is 1.18. The number of nitrogens with zero attached hydrogens (tertiary/aromatic N) is 3. The smallest absolute Gasteiger partial charge is 0.260 e. The molecule has 2 saturated heterocycles. The number of likely N-dealkylation sites (tertiary alicyclic amines) is 2. The van der Waals surface area contributed by atoms with E-state index in [4.69, 9.17) is 15.2 Å². The molecule has 1 amide bonds. The lowest BCUT2D eigenvalue weighted by molar-refractivity contribution is -0.134. The van der Waals surface area contributed by atoms with E-state index in [1.54, 1.807) is 24.4 Å². The van der Waals surface area contributed by atoms with Gasteiger partial charge in [-0.2, -0.15) is 0 Å². The minimum Gasteiger partial charge on any atom is -0.485 e. The highest BCUT2D eigenvalue weighted by molar-refractivity contribution is 5.78. The van der Waals surface area contributed by atoms with Crippen molar-refractivity contribution < 1.29 is 23.0 Å². The number of amides is 1. The molecular weight excluding hydrogens is 490 g/mol. The minimum absolute atomic E-state index is 0.00384. The number of ether oxygens (including phenoxy) is 2. The quantitative estimate of drug-likeness (QED) is 0.441. The van der Waals surface area contributed by atoms with Crippen molar-refractivity contribution in [3.8, 4) is 22.6 Å². The van der Waals surface area contributed by atoms with Crippen molar-refractivity contribution in [2.24, 2.45) is 0 Å². The number of nitrogens with two attached hydrogens (primary N) is 1. The first-order valence-corrected chi connectivity index (χ1v) is 13.0. The van der Waals surface area contributed by atoms with E-state index in [-0.39, 0.29) is 42.3 Å². The number of carbonyl (C=O) groups excluding carboxylic acids is 1. The van der Waals surface area contributed by atoms with Gasteiger partial charge in [-0.15, -0.1) is 0 Å². The Bertz CT molecular complexity index is 1240. The van der Waals surface area contributed by atoms with Crippen LogP contribution in [0.4, 0.5) is 14.6 Å². The average Bonchev–Trinajstić information content (AvgIpc) is 3.61. The standard InChI is InChI=1S/C29H32F2N4O3/c30-25-6-3-7-26(31)24(25)18-38-27-15-21(16-33-29(27)32)20-8-10-23(11-9-20)37-19-28(36)35-14-4-5-22(35)17-34-12-1-2-13-34/h3,6-11,15-16,22H,1-2,4-5,12-14,17-19H2,(H2,32,33)/t22-/m1/s1. The van der Waals surface area contributed by atoms with Crippen LogP contribution in [0.25, 0.3) is 11.1 Å². The first-order chi connectivity index (χ1) is 18.5. The Morgan fingerprint density at radius 2 is 1.71 bits per heavy atom. The van der Waals surface area contributed by atoms with Gasteiger partial charge >= 0.3 is 0 Å². The first kappa shape index (κ1) is 25.9. The highest BCUT2D eigenvalue weighted by Crippen LogP contribution is 2.29. The van der Waals surface area contributed by atoms with E-state index in [0.717, 1.165) is 44.6 Å². The number of pyridine rings is 1. The predicted molar refractivity (Wildman–Crippen MR) is 141 cm³/mol. The number of benzene rings is 2. The van der Waals surface area contributed by atoms with Gasteiger partial charge in [0.1, 0.15) is 24.0 Å². The van der Waals surface area contributed by atoms with Crippen LogP contribution >= 0.6 is 0 Å². The molecule has 0 radical (unpaired) electrons. The fraction of sp³-hybridized carbons (Fsp3) is 0.379. The molecule has 1 aromatic heterocycles. The Morgan fingerprint density at radius 1 is 0.974 bits per heavy atom. The number of halogens is 2. The van der Waals surface area contributed by atoms with Gasteiger partial charge in [-0.25, -0.2) is 13.8 Å². The van der Waals surface area contributed by atoms with Gasteiger partial charge in [0.15, 0.2) is 18.2 Å². The maximum Gasteiger partial charge on any atom is 0.260 e. The Labute approximate surface area is 221 Å². The maximum atomic E-state index is 13.9. The lowest BCUT2D eigenvalue weighted by Crippen LogP contribution is -2.44. The van der Waals surface area contributed by atoms with Gasteiger partial charge < -0.3 is 25.0 Å². The van der Waals surface area contributed by atoms with E-state index in [2.05, 4.69) is 9.88 Å². The molecule has 0 bridgehead atoms. The van der Waals surface area contributed by atoms with Gasteiger partial charge in [-0.05, 0) is 74.7 Å². The SMILES string of the molecule is Nc1ncc(-c2ccc(OCC(=O)N3CCC[C@@H]3CN3CCCC3)cc2)cc1OCc1c(F)cccc1F. The van der Waals surface area contributed by atoms with Crippen molar-refractivity contribution in [3.63, 3.8) is 0 Å². The van der Waals surface area contributed by atoms with Gasteiger partial charge in [0.25, 0.3) is 5.91 Å². The molecule has 2 aliphatic heterocycles. The van der Waals surface area contributed by atoms with Crippen LogP contribution in [0.1, 0.15) is 31.2 Å². The fourth-order valence-corrected chi connectivity index (χ4v) is 5.14. The summed E-state index contributed by atoms with van der Waals surface area (Å²) in [6, 6.07) is 12.9. The van der Waals surface area contributed by atoms with Crippen molar-refractivity contribution in [1.29, 1.82) is 0 Å². The van der Waals surface area contributed by atoms with E-state index in [0.29, 0.717) is 11.3 Å². The maximum absolute atomic E-state index is 13.9. The van der Waals surface area contributed by atoms with Gasteiger partial charge in [-0.3, -0.25) is 4.79 Å². The third-order valence-corrected chi connectivity index (χ3v) is 7.23. The molecule has 38 heavy (non-hydrogen) atoms. The summed E-state index contributed by atoms with van der Waals surface area (Å²) in [5, 5.41) is 0. The van der Waals surface area contributed by atoms with Gasteiger partial charge in [0.05, 0.1) is 5.56 Å². The molecule has 0 saturated carbocycles. The molecular formula is C29H32F2N4O3. The second kappa shape index (κ2) is 11.8. The summed E-state index contributed by atoms with van der Waals surface area (Å²) < 4.78 is 39.3. The highest BCUT2D eigenvalue weighted by atomic mass is 19.1. The Hall–Kier alpha value is -3.72. The third-order valence-electron chi connectivity index (χ3n) is 7.23. The highest BCUT2D eigenvalue weighted by Gasteiger charge is 2.31. The molecule has 7 nitrogen and oxygen atoms in total. The summed E-state index contributed by atoms with van der Waals surface area (Å²) in [5.41, 5.74) is 7.29. The molecule has 3 aromatic rings. The van der Waals surface area contributed by atoms with Crippen LogP contribution < -0.4 is 15.2 Å². The zero-order valence-electron chi connectivity index (χ0n) is 21.2. The first-order valence-electron chi connectivity index (χ1n) is 13.0. The Morgan fingerprint density at radius 3 is 2.45 bits per heavy atom. The number of carbonyl (C=O) groups is 1. The van der Waals surface area contributed by atoms with E-state index >= 15 is 0 Å². The van der Waals surface area contributed by atoms with Crippen LogP contribution in [-0.4, -0.2) is 59.5 Å². The second-order valence-electron chi connectivity index (χ2n) is 9.80.